The van der Waals surface area contributed by atoms with Crippen LogP contribution in [0, 0.1) is 11.8 Å². The lowest BCUT2D eigenvalue weighted by atomic mass is 9.87. The summed E-state index contributed by atoms with van der Waals surface area (Å²) in [5.74, 6) is 1.59. The first-order valence-corrected chi connectivity index (χ1v) is 4.26. The van der Waals surface area contributed by atoms with E-state index in [9.17, 15) is 0 Å². The molecule has 0 heteroatoms. The molecule has 0 aliphatic rings. The summed E-state index contributed by atoms with van der Waals surface area (Å²) in [5, 5.41) is 0. The van der Waals surface area contributed by atoms with Crippen LogP contribution in [-0.4, -0.2) is 0 Å². The average molecular weight is 140 g/mol. The highest BCUT2D eigenvalue weighted by atomic mass is 14.2. The third-order valence-corrected chi connectivity index (χ3v) is 2.28. The summed E-state index contributed by atoms with van der Waals surface area (Å²) >= 11 is 0. The topological polar surface area (TPSA) is 0 Å². The number of hydrogen-bond donors (Lipinski definition) is 0. The van der Waals surface area contributed by atoms with Gasteiger partial charge in [0.15, 0.2) is 0 Å². The Kier molecular flexibility index (Phi) is 4.42. The molecule has 0 radical (unpaired) electrons. The van der Waals surface area contributed by atoms with E-state index < -0.39 is 0 Å². The molecule has 0 aromatic heterocycles. The van der Waals surface area contributed by atoms with E-state index in [1.54, 1.807) is 0 Å². The summed E-state index contributed by atoms with van der Waals surface area (Å²) in [6.07, 6.45) is 3.50. The zero-order valence-corrected chi connectivity index (χ0v) is 7.94. The van der Waals surface area contributed by atoms with Crippen molar-refractivity contribution in [1.29, 1.82) is 0 Å². The standard InChI is InChI=1S/C10H20/c1-6-9(5)10(7-2)8(3)4/h6,8,10H,7H2,1-5H3. The minimum atomic E-state index is 0.793. The first-order valence-electron chi connectivity index (χ1n) is 4.26. The minimum absolute atomic E-state index is 0.793. The van der Waals surface area contributed by atoms with Gasteiger partial charge in [0.1, 0.15) is 0 Å². The van der Waals surface area contributed by atoms with Crippen LogP contribution in [0.15, 0.2) is 11.6 Å². The maximum atomic E-state index is 2.29. The van der Waals surface area contributed by atoms with Gasteiger partial charge in [0.2, 0.25) is 0 Å². The van der Waals surface area contributed by atoms with Gasteiger partial charge in [-0.25, -0.2) is 0 Å². The van der Waals surface area contributed by atoms with Crippen molar-refractivity contribution in [2.24, 2.45) is 11.8 Å². The van der Waals surface area contributed by atoms with Crippen molar-refractivity contribution in [2.45, 2.75) is 41.0 Å². The van der Waals surface area contributed by atoms with Crippen molar-refractivity contribution >= 4 is 0 Å². The van der Waals surface area contributed by atoms with Gasteiger partial charge in [0.25, 0.3) is 0 Å². The van der Waals surface area contributed by atoms with E-state index in [1.807, 2.05) is 0 Å². The highest BCUT2D eigenvalue weighted by molar-refractivity contribution is 5.02. The lowest BCUT2D eigenvalue weighted by Gasteiger charge is -2.19. The van der Waals surface area contributed by atoms with Crippen molar-refractivity contribution in [3.8, 4) is 0 Å². The molecule has 0 saturated heterocycles. The van der Waals surface area contributed by atoms with Gasteiger partial charge in [0, 0.05) is 0 Å². The second kappa shape index (κ2) is 4.54. The molecule has 0 fully saturated rings. The lowest BCUT2D eigenvalue weighted by Crippen LogP contribution is -2.08. The molecule has 0 nitrogen and oxygen atoms in total. The van der Waals surface area contributed by atoms with E-state index in [1.165, 1.54) is 12.0 Å². The van der Waals surface area contributed by atoms with E-state index in [0.29, 0.717) is 0 Å². The molecule has 0 aromatic carbocycles. The molecule has 0 saturated carbocycles. The summed E-state index contributed by atoms with van der Waals surface area (Å²) < 4.78 is 0. The first kappa shape index (κ1) is 9.74. The summed E-state index contributed by atoms with van der Waals surface area (Å²) in [6, 6.07) is 0. The molecule has 0 amide bonds. The third kappa shape index (κ3) is 2.55. The van der Waals surface area contributed by atoms with Gasteiger partial charge in [-0.3, -0.25) is 0 Å². The van der Waals surface area contributed by atoms with Crippen LogP contribution >= 0.6 is 0 Å². The highest BCUT2D eigenvalue weighted by Crippen LogP contribution is 2.22. The van der Waals surface area contributed by atoms with E-state index in [-0.39, 0.29) is 0 Å². The largest absolute Gasteiger partial charge is 0.0884 e. The average Bonchev–Trinajstić information content (AvgIpc) is 1.88. The second-order valence-electron chi connectivity index (χ2n) is 3.29. The predicted octanol–water partition coefficient (Wildman–Crippen LogP) is 3.63. The maximum Gasteiger partial charge on any atom is -0.0186 e. The Bertz CT molecular complexity index is 109. The molecule has 0 rings (SSSR count). The smallest absolute Gasteiger partial charge is 0.0186 e. The van der Waals surface area contributed by atoms with Crippen molar-refractivity contribution in [3.63, 3.8) is 0 Å². The predicted molar refractivity (Wildman–Crippen MR) is 48.1 cm³/mol. The number of hydrogen-bond acceptors (Lipinski definition) is 0. The Hall–Kier alpha value is -0.260. The Labute approximate surface area is 65.3 Å². The monoisotopic (exact) mass is 140 g/mol. The fourth-order valence-electron chi connectivity index (χ4n) is 1.53. The molecular formula is C10H20. The molecule has 0 spiro atoms. The SMILES string of the molecule is CC=C(C)C(CC)C(C)C. The van der Waals surface area contributed by atoms with Gasteiger partial charge < -0.3 is 0 Å². The van der Waals surface area contributed by atoms with Gasteiger partial charge in [0.05, 0.1) is 0 Å². The summed E-state index contributed by atoms with van der Waals surface area (Å²) in [4.78, 5) is 0. The van der Waals surface area contributed by atoms with E-state index in [0.717, 1.165) is 11.8 Å². The van der Waals surface area contributed by atoms with Crippen LogP contribution in [0.2, 0.25) is 0 Å². The zero-order chi connectivity index (χ0) is 8.15. The Morgan fingerprint density at radius 2 is 1.90 bits per heavy atom. The molecule has 0 bridgehead atoms. The fraction of sp³-hybridized carbons (Fsp3) is 0.800. The second-order valence-corrected chi connectivity index (χ2v) is 3.29. The van der Waals surface area contributed by atoms with E-state index >= 15 is 0 Å². The minimum Gasteiger partial charge on any atom is -0.0884 e. The molecule has 0 aromatic rings. The summed E-state index contributed by atoms with van der Waals surface area (Å²) in [7, 11) is 0. The molecule has 0 N–H and O–H groups in total. The lowest BCUT2D eigenvalue weighted by molar-refractivity contribution is 0.430. The third-order valence-electron chi connectivity index (χ3n) is 2.28. The van der Waals surface area contributed by atoms with Crippen LogP contribution in [-0.2, 0) is 0 Å². The Balaban J connectivity index is 4.07. The van der Waals surface area contributed by atoms with Crippen LogP contribution in [0.3, 0.4) is 0 Å². The van der Waals surface area contributed by atoms with E-state index in [2.05, 4.69) is 40.7 Å². The van der Waals surface area contributed by atoms with Crippen LogP contribution in [0.4, 0.5) is 0 Å². The Morgan fingerprint density at radius 3 is 2.00 bits per heavy atom. The molecule has 60 valence electrons. The van der Waals surface area contributed by atoms with Crippen LogP contribution < -0.4 is 0 Å². The van der Waals surface area contributed by atoms with Gasteiger partial charge >= 0.3 is 0 Å². The molecule has 1 unspecified atom stereocenters. The van der Waals surface area contributed by atoms with Gasteiger partial charge in [-0.05, 0) is 32.1 Å². The Morgan fingerprint density at radius 1 is 1.40 bits per heavy atom. The number of rotatable bonds is 3. The first-order chi connectivity index (χ1) is 4.63. The molecule has 0 aliphatic carbocycles. The molecule has 10 heavy (non-hydrogen) atoms. The number of allylic oxidation sites excluding steroid dienone is 2. The van der Waals surface area contributed by atoms with Gasteiger partial charge in [-0.2, -0.15) is 0 Å². The van der Waals surface area contributed by atoms with E-state index in [4.69, 9.17) is 0 Å². The van der Waals surface area contributed by atoms with Gasteiger partial charge in [-0.15, -0.1) is 0 Å². The highest BCUT2D eigenvalue weighted by Gasteiger charge is 2.11. The summed E-state index contributed by atoms with van der Waals surface area (Å²) in [5.41, 5.74) is 1.54. The van der Waals surface area contributed by atoms with Crippen molar-refractivity contribution in [1.82, 2.24) is 0 Å². The normalized spacial score (nSPS) is 16.0. The fourth-order valence-corrected chi connectivity index (χ4v) is 1.53. The quantitative estimate of drug-likeness (QED) is 0.525. The van der Waals surface area contributed by atoms with Crippen LogP contribution in [0.25, 0.3) is 0 Å². The van der Waals surface area contributed by atoms with Gasteiger partial charge in [-0.1, -0.05) is 32.4 Å². The van der Waals surface area contributed by atoms with Crippen molar-refractivity contribution in [2.75, 3.05) is 0 Å². The van der Waals surface area contributed by atoms with Crippen LogP contribution in [0.1, 0.15) is 41.0 Å². The molecule has 0 aliphatic heterocycles. The maximum absolute atomic E-state index is 2.29. The van der Waals surface area contributed by atoms with Crippen molar-refractivity contribution < 1.29 is 0 Å². The molecular weight excluding hydrogens is 120 g/mol. The molecule has 0 heterocycles. The zero-order valence-electron chi connectivity index (χ0n) is 7.94. The molecule has 1 atom stereocenters. The van der Waals surface area contributed by atoms with Crippen LogP contribution in [0.5, 0.6) is 0 Å². The summed E-state index contributed by atoms with van der Waals surface area (Å²) in [6.45, 7) is 11.2. The van der Waals surface area contributed by atoms with Crippen molar-refractivity contribution in [3.05, 3.63) is 11.6 Å².